The highest BCUT2D eigenvalue weighted by Crippen LogP contribution is 2.37. The van der Waals surface area contributed by atoms with Crippen molar-refractivity contribution in [2.75, 3.05) is 6.61 Å². The van der Waals surface area contributed by atoms with E-state index in [0.717, 1.165) is 6.08 Å². The molecule has 0 radical (unpaired) electrons. The fourth-order valence-electron chi connectivity index (χ4n) is 1.08. The van der Waals surface area contributed by atoms with Crippen LogP contribution in [0.3, 0.4) is 0 Å². The van der Waals surface area contributed by atoms with E-state index in [1.165, 1.54) is 0 Å². The molecule has 0 aromatic rings. The molecule has 66 valence electrons. The lowest BCUT2D eigenvalue weighted by atomic mass is 10.1. The second-order valence-corrected chi connectivity index (χ2v) is 2.72. The molecular weight excluding hydrogens is 162 g/mol. The lowest BCUT2D eigenvalue weighted by molar-refractivity contribution is 0.00642. The van der Waals surface area contributed by atoms with Gasteiger partial charge in [0.25, 0.3) is 0 Å². The summed E-state index contributed by atoms with van der Waals surface area (Å²) in [5.41, 5.74) is 0.345. The summed E-state index contributed by atoms with van der Waals surface area (Å²) in [6.45, 7) is 7.87. The molecule has 0 N–H and O–H groups in total. The average Bonchev–Trinajstić information content (AvgIpc) is 2.24. The van der Waals surface area contributed by atoms with Crippen molar-refractivity contribution < 1.29 is 13.5 Å². The van der Waals surface area contributed by atoms with Gasteiger partial charge in [0.2, 0.25) is 0 Å². The molecule has 0 atom stereocenters. The average molecular weight is 172 g/mol. The molecule has 0 aromatic heterocycles. The van der Waals surface area contributed by atoms with Crippen molar-refractivity contribution in [3.05, 3.63) is 36.1 Å². The van der Waals surface area contributed by atoms with Gasteiger partial charge in [0.1, 0.15) is 5.76 Å². The van der Waals surface area contributed by atoms with Crippen LogP contribution >= 0.6 is 0 Å². The number of hydrogen-bond donors (Lipinski definition) is 0. The molecule has 1 rings (SSSR count). The monoisotopic (exact) mass is 172 g/mol. The Balaban J connectivity index is 3.12. The Morgan fingerprint density at radius 2 is 2.25 bits per heavy atom. The number of hydrogen-bond acceptors (Lipinski definition) is 1. The Kier molecular flexibility index (Phi) is 2.04. The highest BCUT2D eigenvalue weighted by Gasteiger charge is 2.42. The molecule has 0 amide bonds. The van der Waals surface area contributed by atoms with Gasteiger partial charge in [0.15, 0.2) is 6.61 Å². The fourth-order valence-corrected chi connectivity index (χ4v) is 1.08. The van der Waals surface area contributed by atoms with Crippen molar-refractivity contribution in [2.24, 2.45) is 0 Å². The van der Waals surface area contributed by atoms with E-state index in [4.69, 9.17) is 4.74 Å². The van der Waals surface area contributed by atoms with Crippen molar-refractivity contribution in [3.8, 4) is 0 Å². The fraction of sp³-hybridized carbons (Fsp3) is 0.333. The van der Waals surface area contributed by atoms with Gasteiger partial charge in [0, 0.05) is 0 Å². The third kappa shape index (κ3) is 1.26. The number of ether oxygens (including phenoxy) is 1. The van der Waals surface area contributed by atoms with Crippen LogP contribution in [0.15, 0.2) is 36.1 Å². The van der Waals surface area contributed by atoms with E-state index in [9.17, 15) is 8.78 Å². The number of alkyl halides is 2. The van der Waals surface area contributed by atoms with Gasteiger partial charge in [-0.05, 0) is 12.5 Å². The van der Waals surface area contributed by atoms with E-state index >= 15 is 0 Å². The molecule has 12 heavy (non-hydrogen) atoms. The Hall–Kier alpha value is -1.12. The minimum absolute atomic E-state index is 0.157. The van der Waals surface area contributed by atoms with E-state index in [2.05, 4.69) is 13.2 Å². The summed E-state index contributed by atoms with van der Waals surface area (Å²) in [6.07, 6.45) is 1.12. The minimum atomic E-state index is -2.91. The van der Waals surface area contributed by atoms with Crippen molar-refractivity contribution in [1.29, 1.82) is 0 Å². The molecule has 0 aliphatic carbocycles. The molecule has 1 nitrogen and oxygen atoms in total. The zero-order chi connectivity index (χ0) is 9.35. The second-order valence-electron chi connectivity index (χ2n) is 2.72. The lowest BCUT2D eigenvalue weighted by Crippen LogP contribution is -2.18. The summed E-state index contributed by atoms with van der Waals surface area (Å²) in [5.74, 6) is -2.73. The van der Waals surface area contributed by atoms with Gasteiger partial charge in [0.05, 0.1) is 5.57 Å². The highest BCUT2D eigenvalue weighted by atomic mass is 19.3. The largest absolute Gasteiger partial charge is 0.486 e. The normalized spacial score (nSPS) is 20.6. The van der Waals surface area contributed by atoms with E-state index in [-0.39, 0.29) is 11.3 Å². The summed E-state index contributed by atoms with van der Waals surface area (Å²) in [6, 6.07) is 0. The van der Waals surface area contributed by atoms with Gasteiger partial charge in [-0.3, -0.25) is 0 Å². The van der Waals surface area contributed by atoms with E-state index in [0.29, 0.717) is 5.57 Å². The minimum Gasteiger partial charge on any atom is -0.486 e. The van der Waals surface area contributed by atoms with E-state index in [1.807, 2.05) is 0 Å². The van der Waals surface area contributed by atoms with Gasteiger partial charge in [-0.2, -0.15) is 8.78 Å². The smallest absolute Gasteiger partial charge is 0.310 e. The molecule has 0 saturated heterocycles. The van der Waals surface area contributed by atoms with Crippen LogP contribution in [0.5, 0.6) is 0 Å². The van der Waals surface area contributed by atoms with Crippen molar-refractivity contribution in [2.45, 2.75) is 12.8 Å². The predicted octanol–water partition coefficient (Wildman–Crippen LogP) is 2.67. The number of rotatable bonds is 2. The Bertz CT molecular complexity index is 264. The molecule has 0 bridgehead atoms. The predicted molar refractivity (Wildman–Crippen MR) is 42.9 cm³/mol. The number of halogens is 2. The summed E-state index contributed by atoms with van der Waals surface area (Å²) in [5, 5.41) is 0. The first-order valence-corrected chi connectivity index (χ1v) is 3.52. The van der Waals surface area contributed by atoms with Crippen molar-refractivity contribution >= 4 is 0 Å². The highest BCUT2D eigenvalue weighted by molar-refractivity contribution is 5.40. The van der Waals surface area contributed by atoms with Crippen LogP contribution < -0.4 is 0 Å². The maximum atomic E-state index is 12.9. The Morgan fingerprint density at radius 3 is 2.58 bits per heavy atom. The van der Waals surface area contributed by atoms with E-state index in [1.54, 1.807) is 6.92 Å². The van der Waals surface area contributed by atoms with Gasteiger partial charge < -0.3 is 4.74 Å². The molecule has 1 heterocycles. The Morgan fingerprint density at radius 1 is 1.67 bits per heavy atom. The van der Waals surface area contributed by atoms with Crippen LogP contribution in [0.25, 0.3) is 0 Å². The molecule has 0 unspecified atom stereocenters. The first-order chi connectivity index (χ1) is 5.49. The quantitative estimate of drug-likeness (QED) is 0.622. The summed E-state index contributed by atoms with van der Waals surface area (Å²) >= 11 is 0. The zero-order valence-corrected chi connectivity index (χ0v) is 6.86. The molecule has 0 spiro atoms. The first-order valence-electron chi connectivity index (χ1n) is 3.52. The molecule has 3 heteroatoms. The molecular formula is C9H10F2O. The molecule has 1 aliphatic heterocycles. The van der Waals surface area contributed by atoms with Crippen molar-refractivity contribution in [1.82, 2.24) is 0 Å². The third-order valence-corrected chi connectivity index (χ3v) is 1.63. The van der Waals surface area contributed by atoms with Crippen LogP contribution in [-0.4, -0.2) is 12.5 Å². The Labute approximate surface area is 70.0 Å². The second kappa shape index (κ2) is 2.73. The SMILES string of the molecule is C=CC1=C(C(=C)C)OCC1(F)F. The first kappa shape index (κ1) is 8.97. The molecule has 0 fully saturated rings. The van der Waals surface area contributed by atoms with Crippen LogP contribution in [0.2, 0.25) is 0 Å². The maximum absolute atomic E-state index is 12.9. The van der Waals surface area contributed by atoms with Crippen molar-refractivity contribution in [3.63, 3.8) is 0 Å². The topological polar surface area (TPSA) is 9.23 Å². The van der Waals surface area contributed by atoms with Gasteiger partial charge in [-0.15, -0.1) is 0 Å². The lowest BCUT2D eigenvalue weighted by Gasteiger charge is -2.06. The zero-order valence-electron chi connectivity index (χ0n) is 6.86. The van der Waals surface area contributed by atoms with E-state index < -0.39 is 12.5 Å². The number of allylic oxidation sites excluding steroid dienone is 2. The van der Waals surface area contributed by atoms with Crippen LogP contribution in [0, 0.1) is 0 Å². The third-order valence-electron chi connectivity index (χ3n) is 1.63. The molecule has 1 aliphatic rings. The van der Waals surface area contributed by atoms with Gasteiger partial charge >= 0.3 is 5.92 Å². The summed E-state index contributed by atoms with van der Waals surface area (Å²) < 4.78 is 30.6. The van der Waals surface area contributed by atoms with Gasteiger partial charge in [-0.25, -0.2) is 0 Å². The maximum Gasteiger partial charge on any atom is 0.310 e. The van der Waals surface area contributed by atoms with Crippen LogP contribution in [-0.2, 0) is 4.74 Å². The standard InChI is InChI=1S/C9H10F2O/c1-4-7-8(6(2)3)12-5-9(7,10)11/h4H,1-2,5H2,3H3. The molecule has 0 saturated carbocycles. The summed E-state index contributed by atoms with van der Waals surface area (Å²) in [7, 11) is 0. The van der Waals surface area contributed by atoms with Gasteiger partial charge in [-0.1, -0.05) is 19.2 Å². The molecule has 0 aromatic carbocycles. The van der Waals surface area contributed by atoms with Crippen LogP contribution in [0.1, 0.15) is 6.92 Å². The van der Waals surface area contributed by atoms with Crippen LogP contribution in [0.4, 0.5) is 8.78 Å². The summed E-state index contributed by atoms with van der Waals surface area (Å²) in [4.78, 5) is 0.